The average Bonchev–Trinajstić information content (AvgIpc) is 3.68. The van der Waals surface area contributed by atoms with E-state index in [4.69, 9.17) is 66.3 Å². The molecule has 0 fully saturated rings. The van der Waals surface area contributed by atoms with Gasteiger partial charge in [-0.05, 0) is 0 Å². The van der Waals surface area contributed by atoms with Gasteiger partial charge >= 0.3 is 5.97 Å². The van der Waals surface area contributed by atoms with E-state index in [-0.39, 0.29) is 45.3 Å². The van der Waals surface area contributed by atoms with Crippen LogP contribution in [0.2, 0.25) is 0 Å². The second-order valence-electron chi connectivity index (χ2n) is 14.0. The lowest BCUT2D eigenvalue weighted by molar-refractivity contribution is -0.138. The van der Waals surface area contributed by atoms with E-state index in [1.165, 1.54) is 12.2 Å². The molecular weight excluding hydrogens is 955 g/mol. The highest BCUT2D eigenvalue weighted by atomic mass is 19.2. The number of hydrogen-bond acceptors (Lipinski definition) is 19. The smallest absolute Gasteiger partial charge is 0.313 e. The predicted octanol–water partition coefficient (Wildman–Crippen LogP) is 1.34. The van der Waals surface area contributed by atoms with Crippen molar-refractivity contribution in [2.45, 2.75) is 12.8 Å². The first-order chi connectivity index (χ1) is 34.1. The van der Waals surface area contributed by atoms with Crippen molar-refractivity contribution in [1.29, 1.82) is 0 Å². The summed E-state index contributed by atoms with van der Waals surface area (Å²) in [6, 6.07) is 0. The molecule has 0 radical (unpaired) electrons. The number of nitrogens with zero attached hydrogens (tertiary/aromatic N) is 1. The Hall–Kier alpha value is -3.87. The molecule has 0 bridgehead atoms. The van der Waals surface area contributed by atoms with E-state index in [1.54, 1.807) is 0 Å². The Morgan fingerprint density at radius 1 is 0.371 bits per heavy atom. The minimum absolute atomic E-state index is 0.0355. The normalized spacial score (nSPS) is 12.5. The summed E-state index contributed by atoms with van der Waals surface area (Å²) in [4.78, 5) is 47.5. The van der Waals surface area contributed by atoms with Crippen LogP contribution in [0.15, 0.2) is 12.2 Å². The molecule has 0 unspecified atom stereocenters. The van der Waals surface area contributed by atoms with Gasteiger partial charge in [0.15, 0.2) is 0 Å². The van der Waals surface area contributed by atoms with E-state index in [2.05, 4.69) is 10.1 Å². The van der Waals surface area contributed by atoms with Gasteiger partial charge in [-0.25, -0.2) is 13.2 Å². The van der Waals surface area contributed by atoms with Crippen molar-refractivity contribution in [3.63, 3.8) is 0 Å². The number of halogens is 5. The number of rotatable bonds is 49. The number of hydrogen-bond donors (Lipinski definition) is 1. The van der Waals surface area contributed by atoms with Gasteiger partial charge in [0.1, 0.15) is 0 Å². The van der Waals surface area contributed by atoms with Crippen LogP contribution in [0.3, 0.4) is 0 Å². The summed E-state index contributed by atoms with van der Waals surface area (Å²) in [6.45, 7) is 10.3. The molecule has 0 atom stereocenters. The second-order valence-corrected chi connectivity index (χ2v) is 14.0. The summed E-state index contributed by atoms with van der Waals surface area (Å²) in [5.74, 6) is -15.3. The summed E-state index contributed by atoms with van der Waals surface area (Å²) in [6.07, 6.45) is 1.90. The van der Waals surface area contributed by atoms with Crippen molar-refractivity contribution in [2.24, 2.45) is 0 Å². The number of carbonyl (C=O) groups excluding carboxylic acids is 4. The molecule has 1 aliphatic heterocycles. The lowest BCUT2D eigenvalue weighted by Gasteiger charge is -2.13. The van der Waals surface area contributed by atoms with Crippen LogP contribution in [0, 0.1) is 29.1 Å². The molecule has 3 amide bonds. The van der Waals surface area contributed by atoms with Crippen LogP contribution >= 0.6 is 0 Å². The summed E-state index contributed by atoms with van der Waals surface area (Å²) in [5, 5.41) is 2.67. The van der Waals surface area contributed by atoms with Crippen LogP contribution in [-0.4, -0.2) is 227 Å². The third-order valence-electron chi connectivity index (χ3n) is 8.70. The lowest BCUT2D eigenvalue weighted by Crippen LogP contribution is -2.35. The third-order valence-corrected chi connectivity index (χ3v) is 8.70. The van der Waals surface area contributed by atoms with Gasteiger partial charge < -0.3 is 76.4 Å². The Morgan fingerprint density at radius 3 is 0.929 bits per heavy atom. The van der Waals surface area contributed by atoms with Crippen LogP contribution in [0.1, 0.15) is 12.8 Å². The minimum Gasteiger partial charge on any atom is -0.420 e. The van der Waals surface area contributed by atoms with Crippen molar-refractivity contribution < 1.29 is 112 Å². The topological polar surface area (TPSA) is 222 Å². The van der Waals surface area contributed by atoms with Gasteiger partial charge in [0, 0.05) is 31.7 Å². The molecule has 21 nitrogen and oxygen atoms in total. The number of imide groups is 1. The first kappa shape index (κ1) is 62.2. The minimum atomic E-state index is -2.36. The van der Waals surface area contributed by atoms with Crippen molar-refractivity contribution in [3.8, 4) is 5.75 Å². The van der Waals surface area contributed by atoms with E-state index in [9.17, 15) is 41.1 Å². The number of ether oxygens (including phenoxy) is 15. The summed E-state index contributed by atoms with van der Waals surface area (Å²) >= 11 is 0. The van der Waals surface area contributed by atoms with E-state index < -0.39 is 59.0 Å². The van der Waals surface area contributed by atoms with Crippen LogP contribution in [0.5, 0.6) is 5.75 Å². The Bertz CT molecular complexity index is 1560. The predicted molar refractivity (Wildman–Crippen MR) is 231 cm³/mol. The molecule has 0 saturated heterocycles. The molecule has 1 aromatic rings. The van der Waals surface area contributed by atoms with E-state index in [0.717, 1.165) is 4.90 Å². The molecule has 1 aromatic carbocycles. The maximum atomic E-state index is 13.6. The molecule has 1 N–H and O–H groups in total. The SMILES string of the molecule is O=C(CCN1C(=O)C=CC1=O)NCCOCCOCCOCCOCCOCCOCCOCCOCCOCCOCCOCCOCCOCCOCCC(=O)Oc1c(F)c(F)c(F)c(F)c1F. The first-order valence-corrected chi connectivity index (χ1v) is 22.7. The first-order valence-electron chi connectivity index (χ1n) is 22.7. The highest BCUT2D eigenvalue weighted by Gasteiger charge is 2.28. The van der Waals surface area contributed by atoms with Crippen molar-refractivity contribution in [2.75, 3.05) is 198 Å². The number of benzene rings is 1. The number of esters is 1. The average molecular weight is 1020 g/mol. The number of nitrogens with one attached hydrogen (secondary N) is 1. The van der Waals surface area contributed by atoms with Crippen LogP contribution in [0.25, 0.3) is 0 Å². The highest BCUT2D eigenvalue weighted by molar-refractivity contribution is 6.13. The Kier molecular flexibility index (Phi) is 38.0. The number of amides is 3. The quantitative estimate of drug-likeness (QED) is 0.0185. The molecule has 70 heavy (non-hydrogen) atoms. The molecule has 0 saturated carbocycles. The molecule has 0 spiro atoms. The standard InChI is InChI=1S/C44H67F5N2O19/c45-39-40(46)42(48)44(43(49)41(39)47)70-38(55)4-7-56-9-11-58-13-15-60-17-19-62-21-23-64-25-27-66-29-31-68-33-34-69-32-30-67-28-26-65-24-22-63-20-18-61-16-14-59-12-10-57-8-5-50-35(52)3-6-51-36(53)1-2-37(51)54/h1-2H,3-34H2,(H,50,52). The van der Waals surface area contributed by atoms with E-state index in [0.29, 0.717) is 165 Å². The molecule has 0 aliphatic carbocycles. The monoisotopic (exact) mass is 1020 g/mol. The van der Waals surface area contributed by atoms with Crippen LogP contribution in [-0.2, 0) is 85.5 Å². The summed E-state index contributed by atoms with van der Waals surface area (Å²) < 4.78 is 147. The maximum Gasteiger partial charge on any atom is 0.313 e. The zero-order valence-corrected chi connectivity index (χ0v) is 39.4. The lowest BCUT2D eigenvalue weighted by atomic mass is 10.2. The second kappa shape index (κ2) is 42.8. The molecule has 1 aliphatic rings. The van der Waals surface area contributed by atoms with E-state index >= 15 is 0 Å². The van der Waals surface area contributed by atoms with Gasteiger partial charge in [-0.3, -0.25) is 24.1 Å². The number of carbonyl (C=O) groups is 4. The van der Waals surface area contributed by atoms with Gasteiger partial charge in [-0.1, -0.05) is 0 Å². The Morgan fingerprint density at radius 2 is 0.629 bits per heavy atom. The molecular formula is C44H67F5N2O19. The fourth-order valence-corrected chi connectivity index (χ4v) is 5.17. The fraction of sp³-hybridized carbons (Fsp3) is 0.727. The fourth-order valence-electron chi connectivity index (χ4n) is 5.17. The van der Waals surface area contributed by atoms with Crippen molar-refractivity contribution in [1.82, 2.24) is 10.2 Å². The van der Waals surface area contributed by atoms with Crippen LogP contribution < -0.4 is 10.1 Å². The Balaban J connectivity index is 1.15. The van der Waals surface area contributed by atoms with E-state index in [1.807, 2.05) is 0 Å². The van der Waals surface area contributed by atoms with Crippen molar-refractivity contribution in [3.05, 3.63) is 41.2 Å². The van der Waals surface area contributed by atoms with Gasteiger partial charge in [0.2, 0.25) is 40.7 Å². The summed E-state index contributed by atoms with van der Waals surface area (Å²) in [7, 11) is 0. The van der Waals surface area contributed by atoms with Gasteiger partial charge in [-0.2, -0.15) is 8.78 Å². The Labute approximate surface area is 403 Å². The largest absolute Gasteiger partial charge is 0.420 e. The highest BCUT2D eigenvalue weighted by Crippen LogP contribution is 2.29. The molecule has 26 heteroatoms. The van der Waals surface area contributed by atoms with Gasteiger partial charge in [0.05, 0.1) is 191 Å². The third kappa shape index (κ3) is 31.5. The summed E-state index contributed by atoms with van der Waals surface area (Å²) in [5.41, 5.74) is 0. The maximum absolute atomic E-state index is 13.6. The molecule has 0 aromatic heterocycles. The van der Waals surface area contributed by atoms with Gasteiger partial charge in [-0.15, -0.1) is 0 Å². The van der Waals surface area contributed by atoms with Crippen LogP contribution in [0.4, 0.5) is 22.0 Å². The van der Waals surface area contributed by atoms with Gasteiger partial charge in [0.25, 0.3) is 11.8 Å². The molecule has 2 rings (SSSR count). The molecule has 1 heterocycles. The zero-order valence-electron chi connectivity index (χ0n) is 39.4. The zero-order chi connectivity index (χ0) is 50.7. The van der Waals surface area contributed by atoms with Crippen molar-refractivity contribution >= 4 is 23.7 Å². The molecule has 402 valence electrons.